The number of guanidine groups is 1. The van der Waals surface area contributed by atoms with Gasteiger partial charge in [-0.1, -0.05) is 12.8 Å². The molecule has 1 aliphatic carbocycles. The molecule has 0 amide bonds. The van der Waals surface area contributed by atoms with Crippen molar-refractivity contribution in [3.8, 4) is 0 Å². The number of rotatable bonds is 11. The minimum atomic E-state index is 0. The largest absolute Gasteiger partial charge is 0.385 e. The Morgan fingerprint density at radius 2 is 2.00 bits per heavy atom. The van der Waals surface area contributed by atoms with Crippen LogP contribution in [0.5, 0.6) is 0 Å². The van der Waals surface area contributed by atoms with Crippen LogP contribution in [0.15, 0.2) is 4.99 Å². The Morgan fingerprint density at radius 1 is 1.19 bits per heavy atom. The molecule has 1 aliphatic heterocycles. The molecular formula is C19H38IN3O3. The highest BCUT2D eigenvalue weighted by molar-refractivity contribution is 14.0. The van der Waals surface area contributed by atoms with Gasteiger partial charge in [0, 0.05) is 47.1 Å². The van der Waals surface area contributed by atoms with Crippen molar-refractivity contribution in [2.75, 3.05) is 53.7 Å². The van der Waals surface area contributed by atoms with E-state index in [1.165, 1.54) is 32.1 Å². The van der Waals surface area contributed by atoms with Crippen molar-refractivity contribution in [3.05, 3.63) is 0 Å². The second-order valence-corrected chi connectivity index (χ2v) is 7.37. The van der Waals surface area contributed by atoms with Crippen molar-refractivity contribution in [1.29, 1.82) is 0 Å². The zero-order valence-electron chi connectivity index (χ0n) is 16.6. The predicted molar refractivity (Wildman–Crippen MR) is 117 cm³/mol. The minimum Gasteiger partial charge on any atom is -0.385 e. The minimum absolute atomic E-state index is 0. The smallest absolute Gasteiger partial charge is 0.190 e. The summed E-state index contributed by atoms with van der Waals surface area (Å²) in [4.78, 5) is 4.34. The molecule has 1 atom stereocenters. The second-order valence-electron chi connectivity index (χ2n) is 7.37. The monoisotopic (exact) mass is 483 g/mol. The summed E-state index contributed by atoms with van der Waals surface area (Å²) in [6, 6.07) is 0. The fourth-order valence-corrected chi connectivity index (χ4v) is 3.82. The molecule has 6 nitrogen and oxygen atoms in total. The van der Waals surface area contributed by atoms with Crippen LogP contribution in [0.3, 0.4) is 0 Å². The first-order valence-corrected chi connectivity index (χ1v) is 9.91. The standard InChI is InChI=1S/C19H37N3O3.HI/c1-20-18(21-11-6-12-24-15-17-7-5-13-25-17)22-16-19(10-14-23-2)8-3-4-9-19;/h17H,3-16H2,1-2H3,(H2,20,21,22);1H. The SMILES string of the molecule is CN=C(NCCCOCC1CCCO1)NCC1(CCOC)CCCC1.I. The summed E-state index contributed by atoms with van der Waals surface area (Å²) in [6.07, 6.45) is 9.97. The molecule has 2 N–H and O–H groups in total. The Labute approximate surface area is 176 Å². The molecule has 2 aliphatic rings. The van der Waals surface area contributed by atoms with Crippen LogP contribution in [0.25, 0.3) is 0 Å². The maximum Gasteiger partial charge on any atom is 0.190 e. The van der Waals surface area contributed by atoms with Crippen LogP contribution in [0, 0.1) is 5.41 Å². The molecule has 7 heteroatoms. The number of ether oxygens (including phenoxy) is 3. The maximum atomic E-state index is 5.70. The Bertz CT molecular complexity index is 384. The second kappa shape index (κ2) is 14.0. The fourth-order valence-electron chi connectivity index (χ4n) is 3.82. The molecule has 1 saturated heterocycles. The topological polar surface area (TPSA) is 64.1 Å². The van der Waals surface area contributed by atoms with Crippen LogP contribution < -0.4 is 10.6 Å². The average molecular weight is 483 g/mol. The van der Waals surface area contributed by atoms with Gasteiger partial charge in [-0.15, -0.1) is 24.0 Å². The number of aliphatic imine (C=N–C) groups is 1. The van der Waals surface area contributed by atoms with Gasteiger partial charge in [0.2, 0.25) is 0 Å². The van der Waals surface area contributed by atoms with Crippen LogP contribution in [-0.4, -0.2) is 65.7 Å². The van der Waals surface area contributed by atoms with Crippen LogP contribution in [0.4, 0.5) is 0 Å². The van der Waals surface area contributed by atoms with E-state index in [0.29, 0.717) is 11.5 Å². The molecule has 0 aromatic rings. The first-order chi connectivity index (χ1) is 12.3. The summed E-state index contributed by atoms with van der Waals surface area (Å²) in [5.41, 5.74) is 0.373. The zero-order chi connectivity index (χ0) is 17.8. The number of halogens is 1. The van der Waals surface area contributed by atoms with Gasteiger partial charge in [-0.3, -0.25) is 4.99 Å². The van der Waals surface area contributed by atoms with E-state index < -0.39 is 0 Å². The molecule has 0 aromatic carbocycles. The van der Waals surface area contributed by atoms with Crippen LogP contribution in [-0.2, 0) is 14.2 Å². The molecule has 26 heavy (non-hydrogen) atoms. The lowest BCUT2D eigenvalue weighted by molar-refractivity contribution is 0.0168. The molecular weight excluding hydrogens is 445 g/mol. The van der Waals surface area contributed by atoms with E-state index in [2.05, 4.69) is 15.6 Å². The van der Waals surface area contributed by atoms with Crippen molar-refractivity contribution in [1.82, 2.24) is 10.6 Å². The van der Waals surface area contributed by atoms with E-state index >= 15 is 0 Å². The number of nitrogens with zero attached hydrogens (tertiary/aromatic N) is 1. The van der Waals surface area contributed by atoms with Gasteiger partial charge in [-0.2, -0.15) is 0 Å². The number of hydrogen-bond acceptors (Lipinski definition) is 4. The number of nitrogens with one attached hydrogen (secondary N) is 2. The van der Waals surface area contributed by atoms with Crippen molar-refractivity contribution in [2.45, 2.75) is 57.5 Å². The van der Waals surface area contributed by atoms with E-state index in [-0.39, 0.29) is 24.0 Å². The third kappa shape index (κ3) is 8.71. The van der Waals surface area contributed by atoms with Crippen LogP contribution in [0.2, 0.25) is 0 Å². The lowest BCUT2D eigenvalue weighted by Gasteiger charge is -2.30. The first kappa shape index (κ1) is 23.9. The number of methoxy groups -OCH3 is 1. The molecule has 0 bridgehead atoms. The van der Waals surface area contributed by atoms with Crippen molar-refractivity contribution in [2.24, 2.45) is 10.4 Å². The third-order valence-electron chi connectivity index (χ3n) is 5.44. The van der Waals surface area contributed by atoms with Crippen LogP contribution >= 0.6 is 24.0 Å². The zero-order valence-corrected chi connectivity index (χ0v) is 18.9. The van der Waals surface area contributed by atoms with E-state index in [4.69, 9.17) is 14.2 Å². The Morgan fingerprint density at radius 3 is 2.65 bits per heavy atom. The molecule has 1 heterocycles. The molecule has 154 valence electrons. The highest BCUT2D eigenvalue weighted by Gasteiger charge is 2.33. The summed E-state index contributed by atoms with van der Waals surface area (Å²) >= 11 is 0. The maximum absolute atomic E-state index is 5.70. The Hall–Kier alpha value is -0.120. The van der Waals surface area contributed by atoms with Gasteiger partial charge >= 0.3 is 0 Å². The first-order valence-electron chi connectivity index (χ1n) is 9.91. The number of hydrogen-bond donors (Lipinski definition) is 2. The summed E-state index contributed by atoms with van der Waals surface area (Å²) in [5, 5.41) is 6.91. The third-order valence-corrected chi connectivity index (χ3v) is 5.44. The molecule has 0 radical (unpaired) electrons. The van der Waals surface area contributed by atoms with E-state index in [9.17, 15) is 0 Å². The lowest BCUT2D eigenvalue weighted by Crippen LogP contribution is -2.43. The lowest BCUT2D eigenvalue weighted by atomic mass is 9.83. The molecule has 2 fully saturated rings. The van der Waals surface area contributed by atoms with Gasteiger partial charge in [0.15, 0.2) is 5.96 Å². The van der Waals surface area contributed by atoms with Crippen molar-refractivity contribution in [3.63, 3.8) is 0 Å². The molecule has 0 aromatic heterocycles. The molecule has 0 spiro atoms. The highest BCUT2D eigenvalue weighted by Crippen LogP contribution is 2.40. The molecule has 1 unspecified atom stereocenters. The Balaban J connectivity index is 0.00000338. The van der Waals surface area contributed by atoms with Crippen molar-refractivity contribution >= 4 is 29.9 Å². The summed E-state index contributed by atoms with van der Waals surface area (Å²) in [5.74, 6) is 0.891. The van der Waals surface area contributed by atoms with Gasteiger partial charge in [0.1, 0.15) is 0 Å². The van der Waals surface area contributed by atoms with E-state index in [0.717, 1.165) is 64.7 Å². The highest BCUT2D eigenvalue weighted by atomic mass is 127. The van der Waals surface area contributed by atoms with Crippen LogP contribution in [0.1, 0.15) is 51.4 Å². The fraction of sp³-hybridized carbons (Fsp3) is 0.947. The van der Waals surface area contributed by atoms with Gasteiger partial charge < -0.3 is 24.8 Å². The van der Waals surface area contributed by atoms with Crippen molar-refractivity contribution < 1.29 is 14.2 Å². The summed E-state index contributed by atoms with van der Waals surface area (Å²) in [6.45, 7) is 5.08. The molecule has 2 rings (SSSR count). The normalized spacial score (nSPS) is 22.2. The quantitative estimate of drug-likeness (QED) is 0.205. The van der Waals surface area contributed by atoms with Gasteiger partial charge in [-0.05, 0) is 43.9 Å². The van der Waals surface area contributed by atoms with E-state index in [1.807, 2.05) is 7.05 Å². The van der Waals surface area contributed by atoms with E-state index in [1.54, 1.807) is 7.11 Å². The Kier molecular flexibility index (Phi) is 12.8. The summed E-state index contributed by atoms with van der Waals surface area (Å²) in [7, 11) is 3.62. The van der Waals surface area contributed by atoms with Gasteiger partial charge in [0.05, 0.1) is 12.7 Å². The average Bonchev–Trinajstić information content (AvgIpc) is 3.31. The van der Waals surface area contributed by atoms with Gasteiger partial charge in [-0.25, -0.2) is 0 Å². The van der Waals surface area contributed by atoms with Gasteiger partial charge in [0.25, 0.3) is 0 Å². The predicted octanol–water partition coefficient (Wildman–Crippen LogP) is 2.95. The molecule has 1 saturated carbocycles. The summed E-state index contributed by atoms with van der Waals surface area (Å²) < 4.78 is 16.6.